The van der Waals surface area contributed by atoms with Gasteiger partial charge in [-0.3, -0.25) is 0 Å². The van der Waals surface area contributed by atoms with E-state index in [1.807, 2.05) is 67.6 Å². The SMILES string of the molecule is Cc1cccc(C(=O)Oc2ccc(/C=C(/C#N)c3ccccc3)cc2)c1. The lowest BCUT2D eigenvalue weighted by Gasteiger charge is -2.05. The number of aryl methyl sites for hydroxylation is 1. The van der Waals surface area contributed by atoms with Crippen molar-refractivity contribution < 1.29 is 9.53 Å². The molecule has 0 N–H and O–H groups in total. The van der Waals surface area contributed by atoms with Crippen LogP contribution in [0.1, 0.15) is 27.0 Å². The Morgan fingerprint density at radius 3 is 2.27 bits per heavy atom. The van der Waals surface area contributed by atoms with Crippen molar-refractivity contribution in [1.29, 1.82) is 5.26 Å². The molecule has 0 aliphatic heterocycles. The number of nitriles is 1. The molecule has 0 aliphatic carbocycles. The Hall–Kier alpha value is -3.64. The molecule has 3 heteroatoms. The molecule has 3 nitrogen and oxygen atoms in total. The molecule has 3 aromatic rings. The van der Waals surface area contributed by atoms with E-state index in [1.54, 1.807) is 24.3 Å². The zero-order chi connectivity index (χ0) is 18.4. The molecule has 0 unspecified atom stereocenters. The summed E-state index contributed by atoms with van der Waals surface area (Å²) in [5.74, 6) is 0.0749. The quantitative estimate of drug-likeness (QED) is 0.281. The number of ether oxygens (including phenoxy) is 1. The highest BCUT2D eigenvalue weighted by Crippen LogP contribution is 2.20. The predicted octanol–water partition coefficient (Wildman–Crippen LogP) is 5.28. The van der Waals surface area contributed by atoms with E-state index in [2.05, 4.69) is 6.07 Å². The van der Waals surface area contributed by atoms with E-state index in [0.717, 1.165) is 16.7 Å². The zero-order valence-electron chi connectivity index (χ0n) is 14.3. The molecule has 0 saturated carbocycles. The van der Waals surface area contributed by atoms with E-state index >= 15 is 0 Å². The van der Waals surface area contributed by atoms with Crippen molar-refractivity contribution in [3.05, 3.63) is 101 Å². The number of allylic oxidation sites excluding steroid dienone is 1. The lowest BCUT2D eigenvalue weighted by molar-refractivity contribution is 0.0734. The Morgan fingerprint density at radius 1 is 0.923 bits per heavy atom. The molecule has 0 aliphatic rings. The van der Waals surface area contributed by atoms with Crippen molar-refractivity contribution in [2.45, 2.75) is 6.92 Å². The second-order valence-electron chi connectivity index (χ2n) is 5.86. The Morgan fingerprint density at radius 2 is 1.62 bits per heavy atom. The van der Waals surface area contributed by atoms with Gasteiger partial charge in [0, 0.05) is 0 Å². The van der Waals surface area contributed by atoms with Crippen LogP contribution in [0.3, 0.4) is 0 Å². The molecule has 3 rings (SSSR count). The summed E-state index contributed by atoms with van der Waals surface area (Å²) in [7, 11) is 0. The molecule has 0 fully saturated rings. The maximum absolute atomic E-state index is 12.2. The number of hydrogen-bond acceptors (Lipinski definition) is 3. The lowest BCUT2D eigenvalue weighted by atomic mass is 10.0. The Kier molecular flexibility index (Phi) is 5.26. The van der Waals surface area contributed by atoms with Gasteiger partial charge in [0.15, 0.2) is 0 Å². The van der Waals surface area contributed by atoms with Crippen molar-refractivity contribution in [2.24, 2.45) is 0 Å². The molecule has 0 saturated heterocycles. The number of carbonyl (C=O) groups is 1. The molecule has 26 heavy (non-hydrogen) atoms. The molecule has 3 aromatic carbocycles. The second-order valence-corrected chi connectivity index (χ2v) is 5.86. The first kappa shape index (κ1) is 17.2. The number of benzene rings is 3. The van der Waals surface area contributed by atoms with Gasteiger partial charge < -0.3 is 4.74 Å². The Labute approximate surface area is 152 Å². The van der Waals surface area contributed by atoms with Gasteiger partial charge in [0.25, 0.3) is 0 Å². The van der Waals surface area contributed by atoms with Gasteiger partial charge in [-0.1, -0.05) is 60.2 Å². The van der Waals surface area contributed by atoms with Crippen molar-refractivity contribution >= 4 is 17.6 Å². The van der Waals surface area contributed by atoms with Crippen LogP contribution in [0.25, 0.3) is 11.6 Å². The highest BCUT2D eigenvalue weighted by molar-refractivity contribution is 5.91. The summed E-state index contributed by atoms with van der Waals surface area (Å²) in [5, 5.41) is 9.38. The first-order chi connectivity index (χ1) is 12.7. The summed E-state index contributed by atoms with van der Waals surface area (Å²) in [6, 6.07) is 26.1. The van der Waals surface area contributed by atoms with Crippen LogP contribution in [0, 0.1) is 18.3 Å². The van der Waals surface area contributed by atoms with E-state index in [1.165, 1.54) is 0 Å². The van der Waals surface area contributed by atoms with Crippen LogP contribution in [0.5, 0.6) is 5.75 Å². The van der Waals surface area contributed by atoms with Gasteiger partial charge in [0.2, 0.25) is 0 Å². The summed E-state index contributed by atoms with van der Waals surface area (Å²) in [5.41, 5.74) is 3.83. The Bertz CT molecular complexity index is 981. The highest BCUT2D eigenvalue weighted by atomic mass is 16.5. The van der Waals surface area contributed by atoms with E-state index in [0.29, 0.717) is 16.9 Å². The molecule has 0 spiro atoms. The van der Waals surface area contributed by atoms with E-state index in [9.17, 15) is 10.1 Å². The van der Waals surface area contributed by atoms with Gasteiger partial charge in [0.1, 0.15) is 5.75 Å². The van der Waals surface area contributed by atoms with E-state index in [-0.39, 0.29) is 5.97 Å². The monoisotopic (exact) mass is 339 g/mol. The number of hydrogen-bond donors (Lipinski definition) is 0. The molecule has 0 atom stereocenters. The van der Waals surface area contributed by atoms with Crippen molar-refractivity contribution in [3.8, 4) is 11.8 Å². The zero-order valence-corrected chi connectivity index (χ0v) is 14.3. The van der Waals surface area contributed by atoms with Gasteiger partial charge in [0.05, 0.1) is 17.2 Å². The molecule has 0 heterocycles. The largest absolute Gasteiger partial charge is 0.423 e. The first-order valence-corrected chi connectivity index (χ1v) is 8.22. The van der Waals surface area contributed by atoms with Crippen molar-refractivity contribution in [3.63, 3.8) is 0 Å². The fraction of sp³-hybridized carbons (Fsp3) is 0.0435. The van der Waals surface area contributed by atoms with Crippen LogP contribution in [-0.4, -0.2) is 5.97 Å². The maximum Gasteiger partial charge on any atom is 0.343 e. The van der Waals surface area contributed by atoms with E-state index < -0.39 is 0 Å². The van der Waals surface area contributed by atoms with Crippen molar-refractivity contribution in [1.82, 2.24) is 0 Å². The molecular weight excluding hydrogens is 322 g/mol. The van der Waals surface area contributed by atoms with Gasteiger partial charge in [-0.05, 0) is 48.4 Å². The van der Waals surface area contributed by atoms with Crippen LogP contribution in [0.2, 0.25) is 0 Å². The average molecular weight is 339 g/mol. The molecule has 126 valence electrons. The minimum absolute atomic E-state index is 0.390. The van der Waals surface area contributed by atoms with Crippen LogP contribution >= 0.6 is 0 Å². The standard InChI is InChI=1S/C23H17NO2/c1-17-6-5-9-20(14-17)23(25)26-22-12-10-18(11-13-22)15-21(16-24)19-7-3-2-4-8-19/h2-15H,1H3/b21-15-. The minimum Gasteiger partial charge on any atom is -0.423 e. The average Bonchev–Trinajstić information content (AvgIpc) is 2.68. The van der Waals surface area contributed by atoms with E-state index in [4.69, 9.17) is 4.74 Å². The molecule has 0 bridgehead atoms. The second kappa shape index (κ2) is 7.96. The van der Waals surface area contributed by atoms with Gasteiger partial charge in [-0.25, -0.2) is 4.79 Å². The fourth-order valence-corrected chi connectivity index (χ4v) is 2.53. The topological polar surface area (TPSA) is 50.1 Å². The minimum atomic E-state index is -0.390. The highest BCUT2D eigenvalue weighted by Gasteiger charge is 2.08. The van der Waals surface area contributed by atoms with Gasteiger partial charge in [-0.2, -0.15) is 5.26 Å². The number of rotatable bonds is 4. The molecule has 0 aromatic heterocycles. The lowest BCUT2D eigenvalue weighted by Crippen LogP contribution is -2.08. The molecule has 0 radical (unpaired) electrons. The number of esters is 1. The Balaban J connectivity index is 1.75. The maximum atomic E-state index is 12.2. The van der Waals surface area contributed by atoms with Gasteiger partial charge in [-0.15, -0.1) is 0 Å². The third-order valence-electron chi connectivity index (χ3n) is 3.86. The van der Waals surface area contributed by atoms with Gasteiger partial charge >= 0.3 is 5.97 Å². The summed E-state index contributed by atoms with van der Waals surface area (Å²) < 4.78 is 5.40. The summed E-state index contributed by atoms with van der Waals surface area (Å²) >= 11 is 0. The fourth-order valence-electron chi connectivity index (χ4n) is 2.53. The van der Waals surface area contributed by atoms with Crippen LogP contribution in [-0.2, 0) is 0 Å². The third kappa shape index (κ3) is 4.25. The molecule has 0 amide bonds. The predicted molar refractivity (Wildman–Crippen MR) is 103 cm³/mol. The number of nitrogens with zero attached hydrogens (tertiary/aromatic N) is 1. The van der Waals surface area contributed by atoms with Crippen LogP contribution < -0.4 is 4.74 Å². The first-order valence-electron chi connectivity index (χ1n) is 8.22. The summed E-state index contributed by atoms with van der Waals surface area (Å²) in [6.45, 7) is 1.93. The molecular formula is C23H17NO2. The normalized spacial score (nSPS) is 10.8. The van der Waals surface area contributed by atoms with Crippen LogP contribution in [0.15, 0.2) is 78.9 Å². The summed E-state index contributed by atoms with van der Waals surface area (Å²) in [6.07, 6.45) is 1.81. The number of carbonyl (C=O) groups excluding carboxylic acids is 1. The smallest absolute Gasteiger partial charge is 0.343 e. The third-order valence-corrected chi connectivity index (χ3v) is 3.86. The van der Waals surface area contributed by atoms with Crippen molar-refractivity contribution in [2.75, 3.05) is 0 Å². The van der Waals surface area contributed by atoms with Crippen LogP contribution in [0.4, 0.5) is 0 Å². The summed E-state index contributed by atoms with van der Waals surface area (Å²) in [4.78, 5) is 12.2.